The van der Waals surface area contributed by atoms with E-state index >= 15 is 0 Å². The van der Waals surface area contributed by atoms with Crippen LogP contribution >= 0.6 is 0 Å². The van der Waals surface area contributed by atoms with Gasteiger partial charge in [0.05, 0.1) is 12.2 Å². The molecule has 4 nitrogen and oxygen atoms in total. The van der Waals surface area contributed by atoms with Gasteiger partial charge in [-0.15, -0.1) is 0 Å². The van der Waals surface area contributed by atoms with E-state index in [1.807, 2.05) is 4.90 Å². The Bertz CT molecular complexity index is 523. The molecule has 0 bridgehead atoms. The number of benzene rings is 1. The molecule has 1 N–H and O–H groups in total. The number of rotatable bonds is 2. The summed E-state index contributed by atoms with van der Waals surface area (Å²) < 4.78 is 38.9. The van der Waals surface area contributed by atoms with Crippen molar-refractivity contribution in [2.45, 2.75) is 19.7 Å². The summed E-state index contributed by atoms with van der Waals surface area (Å²) in [6, 6.07) is 3.94. The molecular weight excluding hydrogens is 285 g/mol. The van der Waals surface area contributed by atoms with Crippen LogP contribution in [0.1, 0.15) is 18.1 Å². The first-order valence-electron chi connectivity index (χ1n) is 6.64. The molecule has 0 spiro atoms. The molecule has 0 radical (unpaired) electrons. The minimum absolute atomic E-state index is 0.0266. The first-order valence-corrected chi connectivity index (χ1v) is 6.64. The summed E-state index contributed by atoms with van der Waals surface area (Å²) >= 11 is 0. The van der Waals surface area contributed by atoms with Crippen LogP contribution in [0.3, 0.4) is 0 Å². The third-order valence-corrected chi connectivity index (χ3v) is 3.66. The number of hydrogen-bond donors (Lipinski definition) is 1. The fourth-order valence-corrected chi connectivity index (χ4v) is 2.44. The van der Waals surface area contributed by atoms with Gasteiger partial charge in [-0.25, -0.2) is 0 Å². The third kappa shape index (κ3) is 3.47. The Hall–Kier alpha value is -1.76. The average Bonchev–Trinajstić information content (AvgIpc) is 2.45. The Morgan fingerprint density at radius 1 is 1.24 bits per heavy atom. The molecule has 21 heavy (non-hydrogen) atoms. The second-order valence-corrected chi connectivity index (χ2v) is 4.99. The lowest BCUT2D eigenvalue weighted by molar-refractivity contribution is -0.138. The molecular formula is C14H17F3N2O2. The molecule has 1 aromatic carbocycles. The van der Waals surface area contributed by atoms with Gasteiger partial charge in [-0.05, 0) is 17.7 Å². The Balaban J connectivity index is 2.20. The maximum Gasteiger partial charge on any atom is 0.416 e. The number of carbonyl (C=O) groups is 1. The van der Waals surface area contributed by atoms with E-state index in [4.69, 9.17) is 5.11 Å². The van der Waals surface area contributed by atoms with Crippen molar-refractivity contribution in [1.82, 2.24) is 4.90 Å². The molecule has 0 aliphatic carbocycles. The minimum Gasteiger partial charge on any atom is -0.392 e. The molecule has 1 heterocycles. The molecule has 0 aromatic heterocycles. The van der Waals surface area contributed by atoms with Crippen molar-refractivity contribution in [3.05, 3.63) is 29.3 Å². The number of piperazine rings is 1. The van der Waals surface area contributed by atoms with E-state index in [0.717, 1.165) is 6.07 Å². The summed E-state index contributed by atoms with van der Waals surface area (Å²) in [7, 11) is 0. The molecule has 7 heteroatoms. The van der Waals surface area contributed by atoms with E-state index in [2.05, 4.69) is 0 Å². The van der Waals surface area contributed by atoms with Crippen molar-refractivity contribution in [2.75, 3.05) is 31.1 Å². The fourth-order valence-electron chi connectivity index (χ4n) is 2.44. The predicted octanol–water partition coefficient (Wildman–Crippen LogP) is 1.87. The number of nitrogens with zero attached hydrogens (tertiary/aromatic N) is 2. The molecule has 2 rings (SSSR count). The Kier molecular flexibility index (Phi) is 4.41. The maximum absolute atomic E-state index is 13.0. The number of halogens is 3. The second-order valence-electron chi connectivity index (χ2n) is 4.99. The summed E-state index contributed by atoms with van der Waals surface area (Å²) in [6.45, 7) is 2.82. The maximum atomic E-state index is 13.0. The summed E-state index contributed by atoms with van der Waals surface area (Å²) in [5.41, 5.74) is -0.479. The van der Waals surface area contributed by atoms with Crippen molar-refractivity contribution >= 4 is 11.6 Å². The Morgan fingerprint density at radius 2 is 1.86 bits per heavy atom. The SMILES string of the molecule is CC(=O)N1CCN(c2ccc(CO)c(C(F)(F)F)c2)CC1. The lowest BCUT2D eigenvalue weighted by Crippen LogP contribution is -2.48. The number of aliphatic hydroxyl groups is 1. The standard InChI is InChI=1S/C14H17F3N2O2/c1-10(21)18-4-6-19(7-5-18)12-3-2-11(9-20)13(8-12)14(15,16)17/h2-3,8,20H,4-7,9H2,1H3. The average molecular weight is 302 g/mol. The van der Waals surface area contributed by atoms with Gasteiger partial charge in [0.25, 0.3) is 0 Å². The highest BCUT2D eigenvalue weighted by atomic mass is 19.4. The van der Waals surface area contributed by atoms with E-state index in [1.54, 1.807) is 11.0 Å². The van der Waals surface area contributed by atoms with Crippen LogP contribution < -0.4 is 4.90 Å². The number of amides is 1. The van der Waals surface area contributed by atoms with E-state index < -0.39 is 18.3 Å². The highest BCUT2D eigenvalue weighted by Crippen LogP contribution is 2.34. The molecule has 0 unspecified atom stereocenters. The Labute approximate surface area is 120 Å². The number of carbonyl (C=O) groups excluding carboxylic acids is 1. The molecule has 1 aliphatic rings. The van der Waals surface area contributed by atoms with Gasteiger partial charge in [-0.3, -0.25) is 4.79 Å². The highest BCUT2D eigenvalue weighted by molar-refractivity contribution is 5.73. The van der Waals surface area contributed by atoms with E-state index in [0.29, 0.717) is 31.9 Å². The van der Waals surface area contributed by atoms with E-state index in [9.17, 15) is 18.0 Å². The topological polar surface area (TPSA) is 43.8 Å². The highest BCUT2D eigenvalue weighted by Gasteiger charge is 2.34. The normalized spacial score (nSPS) is 16.2. The zero-order valence-electron chi connectivity index (χ0n) is 11.7. The molecule has 1 amide bonds. The zero-order chi connectivity index (χ0) is 15.6. The molecule has 1 fully saturated rings. The van der Waals surface area contributed by atoms with Crippen LogP contribution in [0.25, 0.3) is 0 Å². The largest absolute Gasteiger partial charge is 0.416 e. The van der Waals surface area contributed by atoms with E-state index in [-0.39, 0.29) is 11.5 Å². The lowest BCUT2D eigenvalue weighted by atomic mass is 10.1. The quantitative estimate of drug-likeness (QED) is 0.907. The Morgan fingerprint density at radius 3 is 2.33 bits per heavy atom. The number of anilines is 1. The van der Waals surface area contributed by atoms with Gasteiger partial charge >= 0.3 is 6.18 Å². The van der Waals surface area contributed by atoms with Gasteiger partial charge in [-0.1, -0.05) is 6.07 Å². The van der Waals surface area contributed by atoms with Crippen molar-refractivity contribution in [3.8, 4) is 0 Å². The fraction of sp³-hybridized carbons (Fsp3) is 0.500. The number of aliphatic hydroxyl groups excluding tert-OH is 1. The monoisotopic (exact) mass is 302 g/mol. The first kappa shape index (κ1) is 15.6. The van der Waals surface area contributed by atoms with Crippen LogP contribution in [-0.4, -0.2) is 42.1 Å². The summed E-state index contributed by atoms with van der Waals surface area (Å²) in [5, 5.41) is 9.02. The second kappa shape index (κ2) is 5.93. The lowest BCUT2D eigenvalue weighted by Gasteiger charge is -2.36. The summed E-state index contributed by atoms with van der Waals surface area (Å²) in [4.78, 5) is 14.7. The van der Waals surface area contributed by atoms with Gasteiger partial charge in [0.15, 0.2) is 0 Å². The summed E-state index contributed by atoms with van der Waals surface area (Å²) in [6.07, 6.45) is -4.49. The minimum atomic E-state index is -4.49. The number of hydrogen-bond acceptors (Lipinski definition) is 3. The van der Waals surface area contributed by atoms with Crippen LogP contribution in [0.5, 0.6) is 0 Å². The third-order valence-electron chi connectivity index (χ3n) is 3.66. The zero-order valence-corrected chi connectivity index (χ0v) is 11.7. The first-order chi connectivity index (χ1) is 9.82. The van der Waals surface area contributed by atoms with Gasteiger partial charge in [0.1, 0.15) is 0 Å². The molecule has 0 saturated carbocycles. The van der Waals surface area contributed by atoms with Gasteiger partial charge < -0.3 is 14.9 Å². The van der Waals surface area contributed by atoms with Crippen LogP contribution in [0, 0.1) is 0 Å². The molecule has 0 atom stereocenters. The van der Waals surface area contributed by atoms with Crippen LogP contribution in [0.2, 0.25) is 0 Å². The molecule has 1 aliphatic heterocycles. The summed E-state index contributed by atoms with van der Waals surface area (Å²) in [5.74, 6) is -0.0266. The smallest absolute Gasteiger partial charge is 0.392 e. The van der Waals surface area contributed by atoms with Crippen LogP contribution in [0.15, 0.2) is 18.2 Å². The van der Waals surface area contributed by atoms with Crippen molar-refractivity contribution in [3.63, 3.8) is 0 Å². The van der Waals surface area contributed by atoms with Crippen LogP contribution in [-0.2, 0) is 17.6 Å². The van der Waals surface area contributed by atoms with Gasteiger partial charge in [-0.2, -0.15) is 13.2 Å². The van der Waals surface area contributed by atoms with Crippen molar-refractivity contribution in [2.24, 2.45) is 0 Å². The molecule has 116 valence electrons. The molecule has 1 aromatic rings. The van der Waals surface area contributed by atoms with Gasteiger partial charge in [0.2, 0.25) is 5.91 Å². The predicted molar refractivity (Wildman–Crippen MR) is 71.8 cm³/mol. The van der Waals surface area contributed by atoms with Crippen LogP contribution in [0.4, 0.5) is 18.9 Å². The van der Waals surface area contributed by atoms with E-state index in [1.165, 1.54) is 13.0 Å². The van der Waals surface area contributed by atoms with Gasteiger partial charge in [0, 0.05) is 38.8 Å². The number of alkyl halides is 3. The molecule has 1 saturated heterocycles. The van der Waals surface area contributed by atoms with Crippen molar-refractivity contribution < 1.29 is 23.1 Å². The van der Waals surface area contributed by atoms with Crippen molar-refractivity contribution in [1.29, 1.82) is 0 Å².